The van der Waals surface area contributed by atoms with E-state index in [9.17, 15) is 0 Å². The predicted molar refractivity (Wildman–Crippen MR) is 64.8 cm³/mol. The summed E-state index contributed by atoms with van der Waals surface area (Å²) in [5, 5.41) is 0. The molecule has 1 aliphatic rings. The molecule has 0 saturated heterocycles. The number of hydrogen-bond donors (Lipinski definition) is 1. The lowest BCUT2D eigenvalue weighted by atomic mass is 9.79. The van der Waals surface area contributed by atoms with Crippen LogP contribution in [0.25, 0.3) is 0 Å². The molecular weight excluding hydrogens is 186 g/mol. The van der Waals surface area contributed by atoms with Crippen LogP contribution in [-0.2, 0) is 4.74 Å². The summed E-state index contributed by atoms with van der Waals surface area (Å²) in [7, 11) is 0. The van der Waals surface area contributed by atoms with Crippen LogP contribution in [0.4, 0.5) is 0 Å². The quantitative estimate of drug-likeness (QED) is 0.779. The maximum atomic E-state index is 6.21. The second-order valence-electron chi connectivity index (χ2n) is 5.64. The zero-order valence-corrected chi connectivity index (χ0v) is 10.8. The van der Waals surface area contributed by atoms with Crippen LogP contribution in [0, 0.1) is 11.8 Å². The molecule has 0 aromatic rings. The number of nitrogens with two attached hydrogens (primary N) is 1. The van der Waals surface area contributed by atoms with Crippen LogP contribution in [0.1, 0.15) is 53.4 Å². The van der Waals surface area contributed by atoms with Gasteiger partial charge in [0.05, 0.1) is 11.7 Å². The van der Waals surface area contributed by atoms with Gasteiger partial charge in [0.15, 0.2) is 0 Å². The van der Waals surface area contributed by atoms with Crippen LogP contribution in [0.2, 0.25) is 0 Å². The van der Waals surface area contributed by atoms with Crippen molar-refractivity contribution in [2.45, 2.75) is 65.1 Å². The molecule has 0 spiro atoms. The molecule has 0 amide bonds. The van der Waals surface area contributed by atoms with E-state index in [-0.39, 0.29) is 5.60 Å². The van der Waals surface area contributed by atoms with Gasteiger partial charge >= 0.3 is 0 Å². The van der Waals surface area contributed by atoms with Crippen LogP contribution in [-0.4, -0.2) is 18.2 Å². The molecular formula is C13H27NO. The molecule has 0 radical (unpaired) electrons. The van der Waals surface area contributed by atoms with Crippen LogP contribution in [0.3, 0.4) is 0 Å². The normalized spacial score (nSPS) is 34.4. The third-order valence-corrected chi connectivity index (χ3v) is 3.93. The minimum Gasteiger partial charge on any atom is -0.370 e. The number of rotatable bonds is 4. The topological polar surface area (TPSA) is 35.2 Å². The molecule has 2 nitrogen and oxygen atoms in total. The maximum Gasteiger partial charge on any atom is 0.0808 e. The van der Waals surface area contributed by atoms with Crippen molar-refractivity contribution < 1.29 is 4.74 Å². The summed E-state index contributed by atoms with van der Waals surface area (Å²) in [6.07, 6.45) is 5.13. The van der Waals surface area contributed by atoms with Crippen LogP contribution >= 0.6 is 0 Å². The van der Waals surface area contributed by atoms with Crippen LogP contribution < -0.4 is 5.73 Å². The highest BCUT2D eigenvalue weighted by Crippen LogP contribution is 2.35. The van der Waals surface area contributed by atoms with Crippen molar-refractivity contribution in [2.24, 2.45) is 17.6 Å². The molecule has 90 valence electrons. The Hall–Kier alpha value is -0.0800. The van der Waals surface area contributed by atoms with Gasteiger partial charge in [0.25, 0.3) is 0 Å². The predicted octanol–water partition coefficient (Wildman–Crippen LogP) is 2.96. The molecule has 1 aliphatic carbocycles. The largest absolute Gasteiger partial charge is 0.370 e. The second kappa shape index (κ2) is 5.31. The lowest BCUT2D eigenvalue weighted by Gasteiger charge is -2.41. The zero-order chi connectivity index (χ0) is 11.5. The third kappa shape index (κ3) is 3.46. The van der Waals surface area contributed by atoms with Crippen molar-refractivity contribution in [3.63, 3.8) is 0 Å². The second-order valence-corrected chi connectivity index (χ2v) is 5.64. The Morgan fingerprint density at radius 3 is 2.20 bits per heavy atom. The molecule has 0 aromatic carbocycles. The van der Waals surface area contributed by atoms with Gasteiger partial charge < -0.3 is 10.5 Å². The summed E-state index contributed by atoms with van der Waals surface area (Å²) in [4.78, 5) is 0. The van der Waals surface area contributed by atoms with Gasteiger partial charge in [-0.2, -0.15) is 0 Å². The van der Waals surface area contributed by atoms with Gasteiger partial charge in [0.2, 0.25) is 0 Å². The summed E-state index contributed by atoms with van der Waals surface area (Å²) in [5.41, 5.74) is 5.89. The van der Waals surface area contributed by atoms with E-state index in [1.165, 1.54) is 12.8 Å². The summed E-state index contributed by atoms with van der Waals surface area (Å²) < 4.78 is 6.21. The average molecular weight is 213 g/mol. The van der Waals surface area contributed by atoms with Gasteiger partial charge in [0.1, 0.15) is 0 Å². The molecule has 2 N–H and O–H groups in total. The zero-order valence-electron chi connectivity index (χ0n) is 10.8. The van der Waals surface area contributed by atoms with Gasteiger partial charge in [-0.1, -0.05) is 20.8 Å². The Morgan fingerprint density at radius 1 is 1.27 bits per heavy atom. The molecule has 1 saturated carbocycles. The highest BCUT2D eigenvalue weighted by molar-refractivity contribution is 4.88. The average Bonchev–Trinajstić information content (AvgIpc) is 2.21. The van der Waals surface area contributed by atoms with Gasteiger partial charge in [-0.05, 0) is 44.4 Å². The minimum atomic E-state index is -0.0177. The Labute approximate surface area is 94.6 Å². The van der Waals surface area contributed by atoms with Crippen LogP contribution in [0.5, 0.6) is 0 Å². The molecule has 2 heteroatoms. The van der Waals surface area contributed by atoms with Gasteiger partial charge in [-0.25, -0.2) is 0 Å². The standard InChI is InChI=1S/C13H27NO/c1-10(2)12(4)15-13(9-14)7-5-11(3)6-8-13/h10-12H,5-9,14H2,1-4H3. The molecule has 1 rings (SSSR count). The molecule has 1 fully saturated rings. The number of ether oxygens (including phenoxy) is 1. The molecule has 0 bridgehead atoms. The van der Waals surface area contributed by atoms with E-state index in [1.807, 2.05) is 0 Å². The first-order valence-corrected chi connectivity index (χ1v) is 6.37. The van der Waals surface area contributed by atoms with E-state index in [0.717, 1.165) is 18.8 Å². The van der Waals surface area contributed by atoms with Crippen molar-refractivity contribution in [3.05, 3.63) is 0 Å². The summed E-state index contributed by atoms with van der Waals surface area (Å²) in [5.74, 6) is 1.43. The SMILES string of the molecule is CC1CCC(CN)(OC(C)C(C)C)CC1. The monoisotopic (exact) mass is 213 g/mol. The number of hydrogen-bond acceptors (Lipinski definition) is 2. The maximum absolute atomic E-state index is 6.21. The molecule has 0 aromatic heterocycles. The molecule has 0 aliphatic heterocycles. The van der Waals surface area contributed by atoms with E-state index < -0.39 is 0 Å². The van der Waals surface area contributed by atoms with E-state index >= 15 is 0 Å². The van der Waals surface area contributed by atoms with Crippen molar-refractivity contribution in [2.75, 3.05) is 6.54 Å². The fourth-order valence-corrected chi connectivity index (χ4v) is 2.19. The van der Waals surface area contributed by atoms with Gasteiger partial charge in [-0.3, -0.25) is 0 Å². The Kier molecular flexibility index (Phi) is 4.60. The first kappa shape index (κ1) is 13.0. The molecule has 1 unspecified atom stereocenters. The highest BCUT2D eigenvalue weighted by atomic mass is 16.5. The first-order chi connectivity index (χ1) is 6.99. The fourth-order valence-electron chi connectivity index (χ4n) is 2.19. The van der Waals surface area contributed by atoms with E-state index in [1.54, 1.807) is 0 Å². The van der Waals surface area contributed by atoms with E-state index in [0.29, 0.717) is 18.6 Å². The summed E-state index contributed by atoms with van der Waals surface area (Å²) in [6, 6.07) is 0. The van der Waals surface area contributed by atoms with Gasteiger partial charge in [0, 0.05) is 6.54 Å². The van der Waals surface area contributed by atoms with Crippen molar-refractivity contribution >= 4 is 0 Å². The Bertz CT molecular complexity index is 183. The van der Waals surface area contributed by atoms with E-state index in [2.05, 4.69) is 27.7 Å². The van der Waals surface area contributed by atoms with Crippen molar-refractivity contribution in [1.82, 2.24) is 0 Å². The summed E-state index contributed by atoms with van der Waals surface area (Å²) >= 11 is 0. The van der Waals surface area contributed by atoms with Crippen LogP contribution in [0.15, 0.2) is 0 Å². The molecule has 1 atom stereocenters. The third-order valence-electron chi connectivity index (χ3n) is 3.93. The summed E-state index contributed by atoms with van der Waals surface area (Å²) in [6.45, 7) is 9.59. The Morgan fingerprint density at radius 2 is 1.80 bits per heavy atom. The molecule has 0 heterocycles. The lowest BCUT2D eigenvalue weighted by Crippen LogP contribution is -2.46. The van der Waals surface area contributed by atoms with E-state index in [4.69, 9.17) is 10.5 Å². The fraction of sp³-hybridized carbons (Fsp3) is 1.00. The van der Waals surface area contributed by atoms with Gasteiger partial charge in [-0.15, -0.1) is 0 Å². The Balaban J connectivity index is 2.53. The smallest absolute Gasteiger partial charge is 0.0808 e. The molecule has 15 heavy (non-hydrogen) atoms. The first-order valence-electron chi connectivity index (χ1n) is 6.37. The highest BCUT2D eigenvalue weighted by Gasteiger charge is 2.35. The van der Waals surface area contributed by atoms with Crippen molar-refractivity contribution in [3.8, 4) is 0 Å². The van der Waals surface area contributed by atoms with Crippen molar-refractivity contribution in [1.29, 1.82) is 0 Å². The lowest BCUT2D eigenvalue weighted by molar-refractivity contribution is -0.120. The minimum absolute atomic E-state index is 0.0177.